The molecule has 1 heterocycles. The van der Waals surface area contributed by atoms with Gasteiger partial charge in [0.2, 0.25) is 0 Å². The molecule has 0 unspecified atom stereocenters. The van der Waals surface area contributed by atoms with Gasteiger partial charge in [0.1, 0.15) is 6.10 Å². The number of benzene rings is 1. The molecule has 0 fully saturated rings. The van der Waals surface area contributed by atoms with Crippen LogP contribution in [0.1, 0.15) is 77.5 Å². The first kappa shape index (κ1) is 21.3. The number of carbonyl (C=O) groups excluding carboxylic acids is 1. The Labute approximate surface area is 174 Å². The van der Waals surface area contributed by atoms with Gasteiger partial charge in [-0.05, 0) is 48.9 Å². The standard InChI is InChI=1S/C21H26ClN3O4/c1-4-13(5-2)29-17-14-8-7-11(21(27)28)9-12(14)10-16(17)24-20(26)19-23-15(6-3)18(22)25-19/h7-9,13,16-17H,4-6,10H2,1-3H3,(H,23,25)(H,24,26)(H,27,28)/t16-,17+/m1/s1. The van der Waals surface area contributed by atoms with Crippen LogP contribution in [0.25, 0.3) is 0 Å². The van der Waals surface area contributed by atoms with Gasteiger partial charge in [-0.25, -0.2) is 9.78 Å². The number of carbonyl (C=O) groups is 2. The van der Waals surface area contributed by atoms with Gasteiger partial charge in [-0.2, -0.15) is 0 Å². The summed E-state index contributed by atoms with van der Waals surface area (Å²) in [4.78, 5) is 31.2. The second-order valence-electron chi connectivity index (χ2n) is 7.21. The summed E-state index contributed by atoms with van der Waals surface area (Å²) in [5, 5.41) is 12.6. The molecule has 1 aliphatic carbocycles. The van der Waals surface area contributed by atoms with Crippen LogP contribution in [0.3, 0.4) is 0 Å². The van der Waals surface area contributed by atoms with Gasteiger partial charge < -0.3 is 20.1 Å². The molecule has 0 saturated carbocycles. The monoisotopic (exact) mass is 419 g/mol. The average Bonchev–Trinajstić information content (AvgIpc) is 3.25. The number of carboxylic acid groups (broad SMARTS) is 1. The van der Waals surface area contributed by atoms with Crippen molar-refractivity contribution in [1.82, 2.24) is 15.3 Å². The number of aromatic carboxylic acids is 1. The molecule has 8 heteroatoms. The Morgan fingerprint density at radius 2 is 2.07 bits per heavy atom. The predicted octanol–water partition coefficient (Wildman–Crippen LogP) is 3.92. The summed E-state index contributed by atoms with van der Waals surface area (Å²) in [6, 6.07) is 4.70. The van der Waals surface area contributed by atoms with Gasteiger partial charge in [-0.1, -0.05) is 38.4 Å². The molecule has 2 aromatic rings. The molecule has 7 nitrogen and oxygen atoms in total. The molecule has 156 valence electrons. The molecule has 1 aromatic heterocycles. The zero-order valence-electron chi connectivity index (χ0n) is 16.8. The van der Waals surface area contributed by atoms with Crippen molar-refractivity contribution in [3.8, 4) is 0 Å². The Morgan fingerprint density at radius 1 is 1.34 bits per heavy atom. The number of H-pyrrole nitrogens is 1. The molecule has 2 atom stereocenters. The number of hydrogen-bond donors (Lipinski definition) is 3. The molecule has 3 N–H and O–H groups in total. The molecular formula is C21H26ClN3O4. The minimum Gasteiger partial charge on any atom is -0.478 e. The van der Waals surface area contributed by atoms with E-state index in [2.05, 4.69) is 29.1 Å². The van der Waals surface area contributed by atoms with Crippen LogP contribution < -0.4 is 5.32 Å². The fourth-order valence-electron chi connectivity index (χ4n) is 3.70. The van der Waals surface area contributed by atoms with E-state index in [1.807, 2.05) is 6.92 Å². The normalized spacial score (nSPS) is 18.1. The molecule has 29 heavy (non-hydrogen) atoms. The van der Waals surface area contributed by atoms with E-state index >= 15 is 0 Å². The van der Waals surface area contributed by atoms with Crippen LogP contribution in [0, 0.1) is 0 Å². The van der Waals surface area contributed by atoms with Crippen LogP contribution in [0.15, 0.2) is 18.2 Å². The van der Waals surface area contributed by atoms with E-state index in [1.165, 1.54) is 0 Å². The highest BCUT2D eigenvalue weighted by Gasteiger charge is 2.36. The average molecular weight is 420 g/mol. The maximum absolute atomic E-state index is 12.8. The Morgan fingerprint density at radius 3 is 2.66 bits per heavy atom. The lowest BCUT2D eigenvalue weighted by molar-refractivity contribution is -0.0294. The van der Waals surface area contributed by atoms with Crippen molar-refractivity contribution in [1.29, 1.82) is 0 Å². The Kier molecular flexibility index (Phi) is 6.59. The van der Waals surface area contributed by atoms with E-state index < -0.39 is 5.97 Å². The quantitative estimate of drug-likeness (QED) is 0.601. The number of fused-ring (bicyclic) bond motifs is 1. The van der Waals surface area contributed by atoms with Crippen LogP contribution in [0.4, 0.5) is 0 Å². The van der Waals surface area contributed by atoms with Crippen LogP contribution >= 0.6 is 11.6 Å². The Balaban J connectivity index is 1.86. The Hall–Kier alpha value is -2.38. The fraction of sp³-hybridized carbons (Fsp3) is 0.476. The van der Waals surface area contributed by atoms with Gasteiger partial charge >= 0.3 is 5.97 Å². The van der Waals surface area contributed by atoms with Crippen LogP contribution in [0.5, 0.6) is 0 Å². The first-order valence-corrected chi connectivity index (χ1v) is 10.3. The summed E-state index contributed by atoms with van der Waals surface area (Å²) >= 11 is 6.06. The van der Waals surface area contributed by atoms with Crippen molar-refractivity contribution in [2.24, 2.45) is 0 Å². The second-order valence-corrected chi connectivity index (χ2v) is 7.56. The van der Waals surface area contributed by atoms with Crippen molar-refractivity contribution in [3.05, 3.63) is 51.6 Å². The number of hydrogen-bond acceptors (Lipinski definition) is 4. The molecular weight excluding hydrogens is 394 g/mol. The van der Waals surface area contributed by atoms with Gasteiger partial charge in [0, 0.05) is 0 Å². The number of halogens is 1. The van der Waals surface area contributed by atoms with E-state index in [1.54, 1.807) is 18.2 Å². The maximum Gasteiger partial charge on any atom is 0.335 e. The number of nitrogens with zero attached hydrogens (tertiary/aromatic N) is 1. The van der Waals surface area contributed by atoms with Gasteiger partial charge in [0.05, 0.1) is 23.4 Å². The van der Waals surface area contributed by atoms with Gasteiger partial charge in [-0.15, -0.1) is 0 Å². The van der Waals surface area contributed by atoms with Crippen LogP contribution in [-0.4, -0.2) is 39.1 Å². The molecule has 0 bridgehead atoms. The predicted molar refractivity (Wildman–Crippen MR) is 110 cm³/mol. The van der Waals surface area contributed by atoms with Gasteiger partial charge in [-0.3, -0.25) is 4.79 Å². The molecule has 3 rings (SSSR count). The molecule has 0 saturated heterocycles. The van der Waals surface area contributed by atoms with Crippen molar-refractivity contribution < 1.29 is 19.4 Å². The highest BCUT2D eigenvalue weighted by Crippen LogP contribution is 2.36. The zero-order valence-corrected chi connectivity index (χ0v) is 17.5. The van der Waals surface area contributed by atoms with E-state index in [-0.39, 0.29) is 35.5 Å². The summed E-state index contributed by atoms with van der Waals surface area (Å²) in [5.74, 6) is -1.17. The molecule has 1 amide bonds. The summed E-state index contributed by atoms with van der Waals surface area (Å²) in [6.45, 7) is 6.04. The third-order valence-corrected chi connectivity index (χ3v) is 5.68. The second kappa shape index (κ2) is 8.97. The largest absolute Gasteiger partial charge is 0.478 e. The number of ether oxygens (including phenoxy) is 1. The minimum atomic E-state index is -0.977. The van der Waals surface area contributed by atoms with Crippen molar-refractivity contribution in [3.63, 3.8) is 0 Å². The van der Waals surface area contributed by atoms with Gasteiger partial charge in [0.25, 0.3) is 5.91 Å². The summed E-state index contributed by atoms with van der Waals surface area (Å²) in [5.41, 5.74) is 2.72. The fourth-order valence-corrected chi connectivity index (χ4v) is 3.97. The third-order valence-electron chi connectivity index (χ3n) is 5.36. The van der Waals surface area contributed by atoms with Gasteiger partial charge in [0.15, 0.2) is 11.0 Å². The van der Waals surface area contributed by atoms with E-state index in [9.17, 15) is 14.7 Å². The maximum atomic E-state index is 12.8. The molecule has 1 aliphatic rings. The van der Waals surface area contributed by atoms with Crippen molar-refractivity contribution in [2.75, 3.05) is 0 Å². The first-order chi connectivity index (χ1) is 13.9. The summed E-state index contributed by atoms with van der Waals surface area (Å²) in [6.07, 6.45) is 2.54. The molecule has 0 aliphatic heterocycles. The number of aryl methyl sites for hydroxylation is 1. The Bertz CT molecular complexity index is 907. The first-order valence-electron chi connectivity index (χ1n) is 9.94. The lowest BCUT2D eigenvalue weighted by Gasteiger charge is -2.26. The lowest BCUT2D eigenvalue weighted by atomic mass is 10.1. The number of amides is 1. The molecule has 0 spiro atoms. The SMILES string of the molecule is CCc1[nH]c(C(=O)N[C@@H]2Cc3cc(C(=O)O)ccc3[C@@H]2OC(CC)CC)nc1Cl. The number of rotatable bonds is 8. The third kappa shape index (κ3) is 4.46. The van der Waals surface area contributed by atoms with E-state index in [4.69, 9.17) is 16.3 Å². The zero-order chi connectivity index (χ0) is 21.1. The number of carboxylic acids is 1. The van der Waals surface area contributed by atoms with E-state index in [0.717, 1.165) is 24.0 Å². The highest BCUT2D eigenvalue weighted by atomic mass is 35.5. The smallest absolute Gasteiger partial charge is 0.335 e. The molecule has 0 radical (unpaired) electrons. The summed E-state index contributed by atoms with van der Waals surface area (Å²) in [7, 11) is 0. The lowest BCUT2D eigenvalue weighted by Crippen LogP contribution is -2.40. The summed E-state index contributed by atoms with van der Waals surface area (Å²) < 4.78 is 6.32. The molecule has 1 aromatic carbocycles. The van der Waals surface area contributed by atoms with Crippen LogP contribution in [-0.2, 0) is 17.6 Å². The number of imidazole rings is 1. The topological polar surface area (TPSA) is 104 Å². The highest BCUT2D eigenvalue weighted by molar-refractivity contribution is 6.30. The number of aromatic amines is 1. The number of aromatic nitrogens is 2. The van der Waals surface area contributed by atoms with E-state index in [0.29, 0.717) is 23.7 Å². The van der Waals surface area contributed by atoms with Crippen molar-refractivity contribution in [2.45, 2.75) is 64.7 Å². The number of nitrogens with one attached hydrogen (secondary N) is 2. The van der Waals surface area contributed by atoms with Crippen LogP contribution in [0.2, 0.25) is 5.15 Å². The van der Waals surface area contributed by atoms with Crippen molar-refractivity contribution >= 4 is 23.5 Å². The minimum absolute atomic E-state index is 0.0502.